The lowest BCUT2D eigenvalue weighted by atomic mass is 10.4. The first-order valence-electron chi connectivity index (χ1n) is 5.16. The molecule has 0 aliphatic heterocycles. The number of nitrogens with one attached hydrogen (secondary N) is 1. The van der Waals surface area contributed by atoms with Gasteiger partial charge in [0.05, 0.1) is 18.1 Å². The van der Waals surface area contributed by atoms with Crippen LogP contribution < -0.4 is 5.32 Å². The Morgan fingerprint density at radius 3 is 2.82 bits per heavy atom. The molecule has 1 rings (SSSR count). The lowest BCUT2D eigenvalue weighted by Gasteiger charge is -2.04. The Hall–Kier alpha value is 0.0500. The smallest absolute Gasteiger partial charge is 0.153 e. The number of methoxy groups -OCH3 is 1. The standard InChI is InChI=1S/C10H16BrNO3S2/c1-15-3-5-17(13,14)4-2-12-7-10-6-9(11)8-16-10/h6,8,12H,2-5,7H2,1H3. The zero-order valence-electron chi connectivity index (χ0n) is 9.61. The molecule has 0 unspecified atom stereocenters. The van der Waals surface area contributed by atoms with Crippen LogP contribution in [0.1, 0.15) is 4.88 Å². The summed E-state index contributed by atoms with van der Waals surface area (Å²) in [6.07, 6.45) is 0. The van der Waals surface area contributed by atoms with Gasteiger partial charge in [0.2, 0.25) is 0 Å². The van der Waals surface area contributed by atoms with Crippen molar-refractivity contribution in [1.82, 2.24) is 5.32 Å². The van der Waals surface area contributed by atoms with Gasteiger partial charge in [0.25, 0.3) is 0 Å². The van der Waals surface area contributed by atoms with Crippen molar-refractivity contribution in [2.75, 3.05) is 31.8 Å². The highest BCUT2D eigenvalue weighted by molar-refractivity contribution is 9.10. The molecule has 0 saturated heterocycles. The van der Waals surface area contributed by atoms with Gasteiger partial charge >= 0.3 is 0 Å². The zero-order valence-corrected chi connectivity index (χ0v) is 12.8. The molecule has 0 aliphatic rings. The van der Waals surface area contributed by atoms with E-state index in [1.165, 1.54) is 12.0 Å². The fourth-order valence-electron chi connectivity index (χ4n) is 1.20. The maximum Gasteiger partial charge on any atom is 0.153 e. The summed E-state index contributed by atoms with van der Waals surface area (Å²) in [6, 6.07) is 2.02. The molecular weight excluding hydrogens is 326 g/mol. The molecule has 0 aliphatic carbocycles. The Balaban J connectivity index is 2.19. The summed E-state index contributed by atoms with van der Waals surface area (Å²) in [5.74, 6) is 0.249. The van der Waals surface area contributed by atoms with Crippen molar-refractivity contribution in [3.63, 3.8) is 0 Å². The molecule has 0 spiro atoms. The average Bonchev–Trinajstić information content (AvgIpc) is 2.68. The van der Waals surface area contributed by atoms with E-state index in [1.54, 1.807) is 11.3 Å². The van der Waals surface area contributed by atoms with Crippen LogP contribution in [0.3, 0.4) is 0 Å². The van der Waals surface area contributed by atoms with Gasteiger partial charge in [-0.15, -0.1) is 11.3 Å². The Morgan fingerprint density at radius 1 is 1.47 bits per heavy atom. The van der Waals surface area contributed by atoms with Gasteiger partial charge in [0.1, 0.15) is 0 Å². The van der Waals surface area contributed by atoms with E-state index in [4.69, 9.17) is 4.74 Å². The van der Waals surface area contributed by atoms with E-state index in [1.807, 2.05) is 11.4 Å². The summed E-state index contributed by atoms with van der Waals surface area (Å²) >= 11 is 5.02. The molecule has 1 aromatic rings. The average molecular weight is 342 g/mol. The SMILES string of the molecule is COCCS(=O)(=O)CCNCc1cc(Br)cs1. The molecule has 1 heterocycles. The number of hydrogen-bond acceptors (Lipinski definition) is 5. The fourth-order valence-corrected chi connectivity index (χ4v) is 3.70. The van der Waals surface area contributed by atoms with Gasteiger partial charge in [-0.05, 0) is 22.0 Å². The lowest BCUT2D eigenvalue weighted by Crippen LogP contribution is -2.25. The highest BCUT2D eigenvalue weighted by atomic mass is 79.9. The van der Waals surface area contributed by atoms with Gasteiger partial charge in [-0.2, -0.15) is 0 Å². The molecule has 17 heavy (non-hydrogen) atoms. The van der Waals surface area contributed by atoms with Gasteiger partial charge in [-0.25, -0.2) is 8.42 Å². The number of halogens is 1. The molecule has 1 N–H and O–H groups in total. The minimum atomic E-state index is -2.99. The van der Waals surface area contributed by atoms with Crippen LogP contribution >= 0.6 is 27.3 Å². The van der Waals surface area contributed by atoms with Gasteiger partial charge in [-0.3, -0.25) is 0 Å². The number of rotatable bonds is 8. The van der Waals surface area contributed by atoms with Gasteiger partial charge in [0, 0.05) is 34.9 Å². The predicted molar refractivity (Wildman–Crippen MR) is 74.3 cm³/mol. The molecule has 0 atom stereocenters. The van der Waals surface area contributed by atoms with Gasteiger partial charge in [-0.1, -0.05) is 0 Å². The second-order valence-electron chi connectivity index (χ2n) is 3.55. The Labute approximate surface area is 114 Å². The fraction of sp³-hybridized carbons (Fsp3) is 0.600. The molecule has 0 bridgehead atoms. The van der Waals surface area contributed by atoms with E-state index in [9.17, 15) is 8.42 Å². The predicted octanol–water partition coefficient (Wildman–Crippen LogP) is 1.66. The monoisotopic (exact) mass is 341 g/mol. The van der Waals surface area contributed by atoms with Crippen LogP contribution in [-0.4, -0.2) is 40.2 Å². The van der Waals surface area contributed by atoms with Crippen LogP contribution in [0.25, 0.3) is 0 Å². The number of ether oxygens (including phenoxy) is 1. The molecular formula is C10H16BrNO3S2. The van der Waals surface area contributed by atoms with Gasteiger partial charge < -0.3 is 10.1 Å². The Morgan fingerprint density at radius 2 is 2.24 bits per heavy atom. The first-order chi connectivity index (χ1) is 8.03. The molecule has 1 aromatic heterocycles. The molecule has 0 radical (unpaired) electrons. The third kappa shape index (κ3) is 6.52. The molecule has 7 heteroatoms. The van der Waals surface area contributed by atoms with Crippen LogP contribution in [0.5, 0.6) is 0 Å². The minimum Gasteiger partial charge on any atom is -0.384 e. The summed E-state index contributed by atoms with van der Waals surface area (Å²) < 4.78 is 28.8. The molecule has 0 aromatic carbocycles. The Kier molecular flexibility index (Phi) is 6.65. The number of hydrogen-bond donors (Lipinski definition) is 1. The van der Waals surface area contributed by atoms with E-state index >= 15 is 0 Å². The lowest BCUT2D eigenvalue weighted by molar-refractivity contribution is 0.217. The third-order valence-corrected chi connectivity index (χ3v) is 5.42. The van der Waals surface area contributed by atoms with Crippen LogP contribution in [-0.2, 0) is 21.1 Å². The van der Waals surface area contributed by atoms with E-state index in [0.717, 1.165) is 4.47 Å². The number of thiophene rings is 1. The normalized spacial score (nSPS) is 11.9. The van der Waals surface area contributed by atoms with Crippen molar-refractivity contribution in [3.05, 3.63) is 20.8 Å². The van der Waals surface area contributed by atoms with Crippen molar-refractivity contribution in [2.45, 2.75) is 6.54 Å². The summed E-state index contributed by atoms with van der Waals surface area (Å²) in [6.45, 7) is 1.44. The highest BCUT2D eigenvalue weighted by Crippen LogP contribution is 2.19. The highest BCUT2D eigenvalue weighted by Gasteiger charge is 2.09. The largest absolute Gasteiger partial charge is 0.384 e. The first kappa shape index (κ1) is 15.1. The topological polar surface area (TPSA) is 55.4 Å². The van der Waals surface area contributed by atoms with Gasteiger partial charge in [0.15, 0.2) is 9.84 Å². The summed E-state index contributed by atoms with van der Waals surface area (Å²) in [4.78, 5) is 1.19. The zero-order chi connectivity index (χ0) is 12.7. The first-order valence-corrected chi connectivity index (χ1v) is 8.66. The van der Waals surface area contributed by atoms with Crippen LogP contribution in [0.2, 0.25) is 0 Å². The summed E-state index contributed by atoms with van der Waals surface area (Å²) in [5, 5.41) is 5.12. The summed E-state index contributed by atoms with van der Waals surface area (Å²) in [5.41, 5.74) is 0. The van der Waals surface area contributed by atoms with Crippen LogP contribution in [0.4, 0.5) is 0 Å². The van der Waals surface area contributed by atoms with Crippen molar-refractivity contribution >= 4 is 37.1 Å². The van der Waals surface area contributed by atoms with Crippen LogP contribution in [0, 0.1) is 0 Å². The van der Waals surface area contributed by atoms with Crippen LogP contribution in [0.15, 0.2) is 15.9 Å². The van der Waals surface area contributed by atoms with Crippen molar-refractivity contribution in [2.24, 2.45) is 0 Å². The minimum absolute atomic E-state index is 0.0930. The third-order valence-electron chi connectivity index (χ3n) is 2.11. The number of sulfone groups is 1. The van der Waals surface area contributed by atoms with Crippen molar-refractivity contribution in [3.8, 4) is 0 Å². The quantitative estimate of drug-likeness (QED) is 0.730. The molecule has 0 saturated carbocycles. The molecule has 4 nitrogen and oxygen atoms in total. The maximum absolute atomic E-state index is 11.5. The second kappa shape index (κ2) is 7.48. The van der Waals surface area contributed by atoms with Crippen molar-refractivity contribution < 1.29 is 13.2 Å². The molecule has 98 valence electrons. The van der Waals surface area contributed by atoms with E-state index in [-0.39, 0.29) is 18.1 Å². The maximum atomic E-state index is 11.5. The molecule has 0 amide bonds. The molecule has 0 fully saturated rings. The summed E-state index contributed by atoms with van der Waals surface area (Å²) in [7, 11) is -1.48. The second-order valence-corrected chi connectivity index (χ2v) is 7.77. The van der Waals surface area contributed by atoms with E-state index < -0.39 is 9.84 Å². The van der Waals surface area contributed by atoms with E-state index in [2.05, 4.69) is 21.2 Å². The Bertz CT molecular complexity index is 431. The van der Waals surface area contributed by atoms with E-state index in [0.29, 0.717) is 13.1 Å². The van der Waals surface area contributed by atoms with Crippen molar-refractivity contribution in [1.29, 1.82) is 0 Å².